The van der Waals surface area contributed by atoms with Crippen molar-refractivity contribution < 1.29 is 4.79 Å². The Morgan fingerprint density at radius 2 is 1.77 bits per heavy atom. The summed E-state index contributed by atoms with van der Waals surface area (Å²) < 4.78 is 2.74. The van der Waals surface area contributed by atoms with Crippen molar-refractivity contribution in [1.29, 1.82) is 0 Å². The summed E-state index contributed by atoms with van der Waals surface area (Å²) in [5.74, 6) is -0.349. The minimum Gasteiger partial charge on any atom is -0.350 e. The van der Waals surface area contributed by atoms with Gasteiger partial charge in [-0.3, -0.25) is 18.7 Å². The molecule has 2 aromatic heterocycles. The first-order chi connectivity index (χ1) is 14.2. The van der Waals surface area contributed by atoms with Crippen LogP contribution in [0, 0.1) is 0 Å². The van der Waals surface area contributed by atoms with Gasteiger partial charge in [-0.1, -0.05) is 50.1 Å². The summed E-state index contributed by atoms with van der Waals surface area (Å²) in [5.41, 5.74) is 0.447. The number of hydrogen-bond acceptors (Lipinski definition) is 4. The van der Waals surface area contributed by atoms with Crippen LogP contribution < -0.4 is 16.6 Å². The van der Waals surface area contributed by atoms with Gasteiger partial charge in [0.15, 0.2) is 0 Å². The lowest BCUT2D eigenvalue weighted by Gasteiger charge is -2.21. The maximum absolute atomic E-state index is 13.4. The van der Waals surface area contributed by atoms with Crippen LogP contribution in [0.25, 0.3) is 21.3 Å². The van der Waals surface area contributed by atoms with Gasteiger partial charge in [-0.15, -0.1) is 11.3 Å². The molecular formula is C23H29N3O3S. The molecule has 3 rings (SSSR count). The van der Waals surface area contributed by atoms with E-state index >= 15 is 0 Å². The molecule has 0 radical (unpaired) electrons. The number of carbonyl (C=O) groups is 1. The molecule has 0 aliphatic rings. The van der Waals surface area contributed by atoms with E-state index in [9.17, 15) is 14.4 Å². The molecule has 2 heterocycles. The van der Waals surface area contributed by atoms with E-state index in [0.717, 1.165) is 35.0 Å². The number of carbonyl (C=O) groups excluding carboxylic acids is 1. The van der Waals surface area contributed by atoms with E-state index in [2.05, 4.69) is 12.2 Å². The molecule has 1 N–H and O–H groups in total. The third-order valence-electron chi connectivity index (χ3n) is 4.82. The van der Waals surface area contributed by atoms with E-state index in [-0.39, 0.29) is 12.5 Å². The standard InChI is InChI=1S/C23H29N3O3S/c1-5-6-10-13-25-21-19(17(15-30-21)16-11-8-7-9-12-16)20(28)26(22(25)29)14-18(27)24-23(2,3)4/h7-9,11-12,15H,5-6,10,13-14H2,1-4H3,(H,24,27). The van der Waals surface area contributed by atoms with Crippen molar-refractivity contribution >= 4 is 27.5 Å². The number of nitrogens with zero attached hydrogens (tertiary/aromatic N) is 2. The van der Waals surface area contributed by atoms with E-state index in [1.807, 2.05) is 56.5 Å². The van der Waals surface area contributed by atoms with Gasteiger partial charge in [0.25, 0.3) is 5.56 Å². The first-order valence-corrected chi connectivity index (χ1v) is 11.2. The summed E-state index contributed by atoms with van der Waals surface area (Å²) in [6.07, 6.45) is 2.87. The van der Waals surface area contributed by atoms with Crippen LogP contribution in [0.2, 0.25) is 0 Å². The highest BCUT2D eigenvalue weighted by Crippen LogP contribution is 2.31. The van der Waals surface area contributed by atoms with E-state index < -0.39 is 16.8 Å². The Morgan fingerprint density at radius 1 is 1.07 bits per heavy atom. The molecule has 0 saturated carbocycles. The molecule has 1 aromatic carbocycles. The quantitative estimate of drug-likeness (QED) is 0.579. The molecular weight excluding hydrogens is 398 g/mol. The van der Waals surface area contributed by atoms with Gasteiger partial charge < -0.3 is 5.32 Å². The number of rotatable bonds is 7. The number of amides is 1. The fourth-order valence-electron chi connectivity index (χ4n) is 3.50. The van der Waals surface area contributed by atoms with Crippen LogP contribution in [-0.4, -0.2) is 20.6 Å². The third-order valence-corrected chi connectivity index (χ3v) is 5.83. The molecule has 0 bridgehead atoms. The highest BCUT2D eigenvalue weighted by atomic mass is 32.1. The minimum absolute atomic E-state index is 0.289. The van der Waals surface area contributed by atoms with Crippen LogP contribution in [0.15, 0.2) is 45.3 Å². The zero-order valence-corrected chi connectivity index (χ0v) is 18.8. The van der Waals surface area contributed by atoms with Crippen LogP contribution >= 0.6 is 11.3 Å². The zero-order valence-electron chi connectivity index (χ0n) is 18.0. The summed E-state index contributed by atoms with van der Waals surface area (Å²) >= 11 is 1.41. The maximum Gasteiger partial charge on any atom is 0.332 e. The summed E-state index contributed by atoms with van der Waals surface area (Å²) in [4.78, 5) is 39.8. The molecule has 0 atom stereocenters. The number of benzene rings is 1. The normalized spacial score (nSPS) is 11.7. The number of nitrogens with one attached hydrogen (secondary N) is 1. The monoisotopic (exact) mass is 427 g/mol. The second kappa shape index (κ2) is 9.00. The third kappa shape index (κ3) is 4.73. The smallest absolute Gasteiger partial charge is 0.332 e. The molecule has 7 heteroatoms. The Kier molecular flexibility index (Phi) is 6.61. The minimum atomic E-state index is -0.442. The second-order valence-electron chi connectivity index (χ2n) is 8.53. The Bertz CT molecular complexity index is 1150. The summed E-state index contributed by atoms with van der Waals surface area (Å²) in [6.45, 7) is 7.95. The van der Waals surface area contributed by atoms with Crippen molar-refractivity contribution in [3.8, 4) is 11.1 Å². The lowest BCUT2D eigenvalue weighted by molar-refractivity contribution is -0.123. The van der Waals surface area contributed by atoms with Crippen LogP contribution in [0.1, 0.15) is 47.0 Å². The van der Waals surface area contributed by atoms with Crippen molar-refractivity contribution in [2.75, 3.05) is 0 Å². The molecule has 0 unspecified atom stereocenters. The summed E-state index contributed by atoms with van der Waals surface area (Å²) in [6, 6.07) is 9.67. The van der Waals surface area contributed by atoms with Gasteiger partial charge in [-0.2, -0.15) is 0 Å². The molecule has 0 aliphatic heterocycles. The molecule has 3 aromatic rings. The first-order valence-electron chi connectivity index (χ1n) is 10.3. The molecule has 30 heavy (non-hydrogen) atoms. The molecule has 0 fully saturated rings. The summed E-state index contributed by atoms with van der Waals surface area (Å²) in [5, 5.41) is 5.27. The highest BCUT2D eigenvalue weighted by molar-refractivity contribution is 7.17. The fourth-order valence-corrected chi connectivity index (χ4v) is 4.59. The van der Waals surface area contributed by atoms with Crippen LogP contribution in [-0.2, 0) is 17.9 Å². The Hall–Kier alpha value is -2.67. The molecule has 0 saturated heterocycles. The van der Waals surface area contributed by atoms with Crippen LogP contribution in [0.4, 0.5) is 0 Å². The fraction of sp³-hybridized carbons (Fsp3) is 0.435. The van der Waals surface area contributed by atoms with Gasteiger partial charge in [0.1, 0.15) is 11.4 Å². The Labute approximate surface area is 180 Å². The summed E-state index contributed by atoms with van der Waals surface area (Å²) in [7, 11) is 0. The van der Waals surface area contributed by atoms with Crippen molar-refractivity contribution in [2.24, 2.45) is 0 Å². The zero-order chi connectivity index (χ0) is 21.9. The van der Waals surface area contributed by atoms with Crippen molar-refractivity contribution in [2.45, 2.75) is 65.6 Å². The van der Waals surface area contributed by atoms with Gasteiger partial charge in [0.05, 0.1) is 5.39 Å². The largest absolute Gasteiger partial charge is 0.350 e. The average Bonchev–Trinajstić information content (AvgIpc) is 3.12. The maximum atomic E-state index is 13.4. The van der Waals surface area contributed by atoms with Gasteiger partial charge in [0, 0.05) is 23.0 Å². The predicted molar refractivity (Wildman–Crippen MR) is 123 cm³/mol. The molecule has 0 spiro atoms. The Morgan fingerprint density at radius 3 is 2.40 bits per heavy atom. The average molecular weight is 428 g/mol. The van der Waals surface area contributed by atoms with Crippen molar-refractivity contribution in [1.82, 2.24) is 14.5 Å². The van der Waals surface area contributed by atoms with E-state index in [4.69, 9.17) is 0 Å². The van der Waals surface area contributed by atoms with Gasteiger partial charge in [0.2, 0.25) is 5.91 Å². The highest BCUT2D eigenvalue weighted by Gasteiger charge is 2.21. The molecule has 6 nitrogen and oxygen atoms in total. The number of thiophene rings is 1. The molecule has 0 aliphatic carbocycles. The topological polar surface area (TPSA) is 73.1 Å². The number of aryl methyl sites for hydroxylation is 1. The lowest BCUT2D eigenvalue weighted by atomic mass is 10.1. The molecule has 1 amide bonds. The number of unbranched alkanes of at least 4 members (excludes halogenated alkanes) is 2. The van der Waals surface area contributed by atoms with Crippen molar-refractivity contribution in [3.63, 3.8) is 0 Å². The van der Waals surface area contributed by atoms with E-state index in [1.54, 1.807) is 4.57 Å². The number of hydrogen-bond donors (Lipinski definition) is 1. The van der Waals surface area contributed by atoms with Crippen molar-refractivity contribution in [3.05, 3.63) is 56.5 Å². The Balaban J connectivity index is 2.18. The van der Waals surface area contributed by atoms with Gasteiger partial charge in [-0.05, 0) is 32.8 Å². The van der Waals surface area contributed by atoms with E-state index in [1.165, 1.54) is 11.3 Å². The van der Waals surface area contributed by atoms with Gasteiger partial charge >= 0.3 is 5.69 Å². The van der Waals surface area contributed by atoms with E-state index in [0.29, 0.717) is 16.8 Å². The predicted octanol–water partition coefficient (Wildman–Crippen LogP) is 4.00. The van der Waals surface area contributed by atoms with Crippen LogP contribution in [0.3, 0.4) is 0 Å². The molecule has 160 valence electrons. The SMILES string of the molecule is CCCCCn1c(=O)n(CC(=O)NC(C)(C)C)c(=O)c2c(-c3ccccc3)csc21. The van der Waals surface area contributed by atoms with Gasteiger partial charge in [-0.25, -0.2) is 4.79 Å². The number of aromatic nitrogens is 2. The lowest BCUT2D eigenvalue weighted by Crippen LogP contribution is -2.47. The first kappa shape index (κ1) is 22.0. The number of fused-ring (bicyclic) bond motifs is 1. The van der Waals surface area contributed by atoms with Crippen LogP contribution in [0.5, 0.6) is 0 Å². The second-order valence-corrected chi connectivity index (χ2v) is 9.38.